The molecule has 0 saturated carbocycles. The maximum absolute atomic E-state index is 6.47. The molecular weight excluding hydrogens is 413 g/mol. The van der Waals surface area contributed by atoms with E-state index in [4.69, 9.17) is 28.2 Å². The molecule has 1 aromatic heterocycles. The number of pyridine rings is 1. The summed E-state index contributed by atoms with van der Waals surface area (Å²) in [6.07, 6.45) is 0. The summed E-state index contributed by atoms with van der Waals surface area (Å²) in [4.78, 5) is 4.91. The lowest BCUT2D eigenvalue weighted by molar-refractivity contribution is 0.779. The molecule has 5 heteroatoms. The fraction of sp³-hybridized carbons (Fsp3) is 0.320. The lowest BCUT2D eigenvalue weighted by Gasteiger charge is -2.21. The van der Waals surface area contributed by atoms with Crippen LogP contribution in [0.4, 0.5) is 11.4 Å². The lowest BCUT2D eigenvalue weighted by Crippen LogP contribution is -2.14. The van der Waals surface area contributed by atoms with Crippen LogP contribution in [0.15, 0.2) is 42.5 Å². The van der Waals surface area contributed by atoms with Crippen LogP contribution in [0, 0.1) is 27.7 Å². The zero-order valence-corrected chi connectivity index (χ0v) is 19.9. The highest BCUT2D eigenvalue weighted by atomic mass is 35.5. The zero-order valence-electron chi connectivity index (χ0n) is 18.4. The Kier molecular flexibility index (Phi) is 6.95. The smallest absolute Gasteiger partial charge is 0.0657 e. The Bertz CT molecular complexity index is 935. The summed E-state index contributed by atoms with van der Waals surface area (Å²) in [6.45, 7) is 12.4. The highest BCUT2D eigenvalue weighted by molar-refractivity contribution is 6.33. The van der Waals surface area contributed by atoms with Gasteiger partial charge in [0.2, 0.25) is 0 Å². The molecule has 3 nitrogen and oxygen atoms in total. The van der Waals surface area contributed by atoms with Gasteiger partial charge >= 0.3 is 0 Å². The van der Waals surface area contributed by atoms with E-state index < -0.39 is 0 Å². The van der Waals surface area contributed by atoms with Crippen molar-refractivity contribution in [1.29, 1.82) is 0 Å². The number of aromatic nitrogens is 1. The Morgan fingerprint density at radius 3 is 1.47 bits per heavy atom. The van der Waals surface area contributed by atoms with Crippen LogP contribution in [-0.4, -0.2) is 4.98 Å². The van der Waals surface area contributed by atoms with Crippen LogP contribution in [0.25, 0.3) is 0 Å². The second-order valence-corrected chi connectivity index (χ2v) is 8.91. The molecule has 0 fully saturated rings. The van der Waals surface area contributed by atoms with Crippen molar-refractivity contribution < 1.29 is 0 Å². The normalized spacial score (nSPS) is 13.1. The molecule has 30 heavy (non-hydrogen) atoms. The van der Waals surface area contributed by atoms with Crippen LogP contribution in [0.5, 0.6) is 0 Å². The molecule has 0 amide bonds. The van der Waals surface area contributed by atoms with Crippen molar-refractivity contribution in [3.63, 3.8) is 0 Å². The highest BCUT2D eigenvalue weighted by Crippen LogP contribution is 2.32. The number of hydrogen-bond donors (Lipinski definition) is 2. The van der Waals surface area contributed by atoms with Gasteiger partial charge in [-0.2, -0.15) is 0 Å². The Labute approximate surface area is 189 Å². The number of nitrogens with zero attached hydrogens (tertiary/aromatic N) is 1. The molecular formula is C25H29Cl2N3. The van der Waals surface area contributed by atoms with Crippen molar-refractivity contribution in [2.75, 3.05) is 10.6 Å². The van der Waals surface area contributed by atoms with Gasteiger partial charge < -0.3 is 10.6 Å². The van der Waals surface area contributed by atoms with Crippen molar-refractivity contribution in [3.05, 3.63) is 86.2 Å². The van der Waals surface area contributed by atoms with Gasteiger partial charge in [-0.05, 0) is 88.1 Å². The van der Waals surface area contributed by atoms with Gasteiger partial charge in [0.15, 0.2) is 0 Å². The summed E-state index contributed by atoms with van der Waals surface area (Å²) in [5.74, 6) is 0. The molecule has 0 spiro atoms. The van der Waals surface area contributed by atoms with Gasteiger partial charge in [0.25, 0.3) is 0 Å². The van der Waals surface area contributed by atoms with E-state index >= 15 is 0 Å². The van der Waals surface area contributed by atoms with Gasteiger partial charge in [-0.25, -0.2) is 0 Å². The van der Waals surface area contributed by atoms with Gasteiger partial charge in [0, 0.05) is 0 Å². The molecule has 0 aliphatic heterocycles. The van der Waals surface area contributed by atoms with Crippen LogP contribution in [0.2, 0.25) is 10.0 Å². The number of nitrogens with one attached hydrogen (secondary N) is 2. The average Bonchev–Trinajstić information content (AvgIpc) is 2.67. The van der Waals surface area contributed by atoms with Crippen LogP contribution in [0.1, 0.15) is 59.6 Å². The maximum atomic E-state index is 6.47. The molecule has 0 radical (unpaired) electrons. The highest BCUT2D eigenvalue weighted by Gasteiger charge is 2.15. The predicted molar refractivity (Wildman–Crippen MR) is 130 cm³/mol. The van der Waals surface area contributed by atoms with Crippen molar-refractivity contribution in [1.82, 2.24) is 4.98 Å². The summed E-state index contributed by atoms with van der Waals surface area (Å²) in [6, 6.07) is 14.4. The van der Waals surface area contributed by atoms with Gasteiger partial charge in [0.05, 0.1) is 44.9 Å². The third kappa shape index (κ3) is 5.08. The topological polar surface area (TPSA) is 37.0 Å². The van der Waals surface area contributed by atoms with Gasteiger partial charge in [-0.3, -0.25) is 4.98 Å². The van der Waals surface area contributed by atoms with Crippen molar-refractivity contribution in [2.24, 2.45) is 0 Å². The van der Waals surface area contributed by atoms with Crippen molar-refractivity contribution in [3.8, 4) is 0 Å². The fourth-order valence-electron chi connectivity index (χ4n) is 3.73. The van der Waals surface area contributed by atoms with Crippen molar-refractivity contribution >= 4 is 34.6 Å². The zero-order chi connectivity index (χ0) is 22.0. The minimum Gasteiger partial charge on any atom is -0.376 e. The van der Waals surface area contributed by atoms with E-state index in [2.05, 4.69) is 50.5 Å². The van der Waals surface area contributed by atoms with E-state index in [1.54, 1.807) is 0 Å². The summed E-state index contributed by atoms with van der Waals surface area (Å²) >= 11 is 12.9. The van der Waals surface area contributed by atoms with Crippen LogP contribution >= 0.6 is 23.2 Å². The van der Waals surface area contributed by atoms with E-state index in [0.29, 0.717) is 0 Å². The molecule has 3 aromatic rings. The Morgan fingerprint density at radius 2 is 1.10 bits per heavy atom. The van der Waals surface area contributed by atoms with E-state index in [1.165, 1.54) is 0 Å². The monoisotopic (exact) mass is 441 g/mol. The molecule has 0 saturated heterocycles. The van der Waals surface area contributed by atoms with Gasteiger partial charge in [0.1, 0.15) is 0 Å². The predicted octanol–water partition coefficient (Wildman–Crippen LogP) is 7.97. The molecule has 158 valence electrons. The first-order chi connectivity index (χ1) is 14.2. The summed E-state index contributed by atoms with van der Waals surface area (Å²) in [7, 11) is 0. The number of halogens is 2. The van der Waals surface area contributed by atoms with Crippen LogP contribution < -0.4 is 10.6 Å². The summed E-state index contributed by atoms with van der Waals surface area (Å²) in [5, 5.41) is 8.52. The SMILES string of the molecule is Cc1cc(C)c(NC(C)c2cccc(C(C)Nc3c(C)cc(C)cc3Cl)n2)c(Cl)c1. The van der Waals surface area contributed by atoms with Gasteiger partial charge in [-0.1, -0.05) is 41.4 Å². The molecule has 1 heterocycles. The molecule has 2 unspecified atom stereocenters. The number of rotatable bonds is 6. The first-order valence-electron chi connectivity index (χ1n) is 10.2. The molecule has 0 aliphatic carbocycles. The van der Waals surface area contributed by atoms with E-state index in [1.807, 2.05) is 44.2 Å². The maximum Gasteiger partial charge on any atom is 0.0657 e. The van der Waals surface area contributed by atoms with Crippen LogP contribution in [-0.2, 0) is 0 Å². The van der Waals surface area contributed by atoms with E-state index in [0.717, 1.165) is 55.1 Å². The summed E-state index contributed by atoms with van der Waals surface area (Å²) in [5.41, 5.74) is 8.39. The Hall–Kier alpha value is -2.23. The van der Waals surface area contributed by atoms with E-state index in [-0.39, 0.29) is 12.1 Å². The third-order valence-corrected chi connectivity index (χ3v) is 5.86. The second-order valence-electron chi connectivity index (χ2n) is 8.10. The Morgan fingerprint density at radius 1 is 0.700 bits per heavy atom. The minimum absolute atomic E-state index is 0.0146. The minimum atomic E-state index is 0.0146. The first kappa shape index (κ1) is 22.5. The number of benzene rings is 2. The molecule has 0 aliphatic rings. The van der Waals surface area contributed by atoms with E-state index in [9.17, 15) is 0 Å². The Balaban J connectivity index is 1.80. The first-order valence-corrected chi connectivity index (χ1v) is 10.9. The number of anilines is 2. The largest absolute Gasteiger partial charge is 0.376 e. The molecule has 2 aromatic carbocycles. The standard InChI is InChI=1S/C25H29Cl2N3/c1-14-10-16(3)24(20(26)12-14)28-18(5)22-8-7-9-23(30-22)19(6)29-25-17(4)11-15(2)13-21(25)27/h7-13,18-19,28-29H,1-6H3. The quantitative estimate of drug-likeness (QED) is 0.406. The average molecular weight is 442 g/mol. The molecule has 2 N–H and O–H groups in total. The molecule has 0 bridgehead atoms. The second kappa shape index (κ2) is 9.28. The van der Waals surface area contributed by atoms with Crippen LogP contribution in [0.3, 0.4) is 0 Å². The number of hydrogen-bond acceptors (Lipinski definition) is 3. The number of aryl methyl sites for hydroxylation is 4. The van der Waals surface area contributed by atoms with Crippen molar-refractivity contribution in [2.45, 2.75) is 53.6 Å². The van der Waals surface area contributed by atoms with Gasteiger partial charge in [-0.15, -0.1) is 0 Å². The fourth-order valence-corrected chi connectivity index (χ4v) is 4.48. The molecule has 3 rings (SSSR count). The lowest BCUT2D eigenvalue weighted by atomic mass is 10.1. The molecule has 2 atom stereocenters. The third-order valence-electron chi connectivity index (χ3n) is 5.26. The summed E-state index contributed by atoms with van der Waals surface area (Å²) < 4.78 is 0.